The molecule has 1 aromatic carbocycles. The molecule has 132 valence electrons. The van der Waals surface area contributed by atoms with Gasteiger partial charge < -0.3 is 9.74 Å². The van der Waals surface area contributed by atoms with Crippen molar-refractivity contribution in [1.82, 2.24) is 10.0 Å². The third-order valence-corrected chi connectivity index (χ3v) is 4.29. The molecule has 0 spiro atoms. The summed E-state index contributed by atoms with van der Waals surface area (Å²) in [6, 6.07) is 12.5. The maximum Gasteiger partial charge on any atom is 0.330 e. The Bertz CT molecular complexity index is 700. The molecule has 0 saturated carbocycles. The van der Waals surface area contributed by atoms with Crippen LogP contribution in [-0.2, 0) is 9.63 Å². The zero-order valence-corrected chi connectivity index (χ0v) is 15.1. The molecule has 25 heavy (non-hydrogen) atoms. The van der Waals surface area contributed by atoms with Gasteiger partial charge in [0, 0.05) is 31.2 Å². The topological polar surface area (TPSA) is 45.7 Å². The first-order valence-corrected chi connectivity index (χ1v) is 8.66. The summed E-state index contributed by atoms with van der Waals surface area (Å²) in [4.78, 5) is 23.9. The Kier molecular flexibility index (Phi) is 5.04. The molecule has 1 aliphatic rings. The lowest BCUT2D eigenvalue weighted by Crippen LogP contribution is -2.48. The summed E-state index contributed by atoms with van der Waals surface area (Å²) in [5.41, 5.74) is 3.00. The Hall–Kier alpha value is -2.40. The molecule has 1 aromatic heterocycles. The molecule has 0 unspecified atom stereocenters. The molecule has 5 nitrogen and oxygen atoms in total. The van der Waals surface area contributed by atoms with E-state index in [1.807, 2.05) is 33.0 Å². The molecule has 2 heterocycles. The summed E-state index contributed by atoms with van der Waals surface area (Å²) in [6.45, 7) is 8.71. The first-order valence-electron chi connectivity index (χ1n) is 8.66. The van der Waals surface area contributed by atoms with Crippen LogP contribution in [0.2, 0.25) is 0 Å². The lowest BCUT2D eigenvalue weighted by atomic mass is 9.98. The number of hydrogen-bond acceptors (Lipinski definition) is 5. The molecule has 0 atom stereocenters. The highest BCUT2D eigenvalue weighted by Gasteiger charge is 2.27. The van der Waals surface area contributed by atoms with Crippen molar-refractivity contribution in [3.05, 3.63) is 48.8 Å². The van der Waals surface area contributed by atoms with Gasteiger partial charge in [-0.1, -0.05) is 18.2 Å². The lowest BCUT2D eigenvalue weighted by Gasteiger charge is -2.35. The van der Waals surface area contributed by atoms with Gasteiger partial charge in [0.15, 0.2) is 0 Å². The van der Waals surface area contributed by atoms with E-state index in [4.69, 9.17) is 4.84 Å². The van der Waals surface area contributed by atoms with Crippen LogP contribution in [0.5, 0.6) is 0 Å². The zero-order chi connectivity index (χ0) is 17.9. The summed E-state index contributed by atoms with van der Waals surface area (Å²) in [5.74, 6) is -0.179. The number of anilines is 1. The highest BCUT2D eigenvalue weighted by Crippen LogP contribution is 2.24. The van der Waals surface area contributed by atoms with Crippen LogP contribution >= 0.6 is 0 Å². The molecule has 0 bridgehead atoms. The van der Waals surface area contributed by atoms with Crippen molar-refractivity contribution in [1.29, 1.82) is 0 Å². The summed E-state index contributed by atoms with van der Waals surface area (Å²) in [5, 5.41) is 1.77. The fourth-order valence-corrected chi connectivity index (χ4v) is 2.69. The molecule has 0 amide bonds. The zero-order valence-electron chi connectivity index (χ0n) is 15.1. The first kappa shape index (κ1) is 17.4. The third kappa shape index (κ3) is 4.37. The third-order valence-electron chi connectivity index (χ3n) is 4.29. The molecule has 0 aliphatic carbocycles. The number of carbonyl (C=O) groups is 1. The number of pyridine rings is 1. The number of aromatic nitrogens is 1. The van der Waals surface area contributed by atoms with Gasteiger partial charge >= 0.3 is 5.97 Å². The molecule has 0 N–H and O–H groups in total. The molecule has 1 aliphatic heterocycles. The van der Waals surface area contributed by atoms with Gasteiger partial charge in [-0.25, -0.2) is 4.79 Å². The van der Waals surface area contributed by atoms with Crippen LogP contribution in [0.4, 0.5) is 5.69 Å². The van der Waals surface area contributed by atoms with Crippen LogP contribution in [-0.4, -0.2) is 42.2 Å². The van der Waals surface area contributed by atoms with Crippen molar-refractivity contribution in [2.24, 2.45) is 5.41 Å². The summed E-state index contributed by atoms with van der Waals surface area (Å²) < 4.78 is 0. The average Bonchev–Trinajstić information content (AvgIpc) is 2.62. The molecule has 5 heteroatoms. The molecular formula is C20H25N3O2. The number of nitrogens with zero attached hydrogens (tertiary/aromatic N) is 3. The van der Waals surface area contributed by atoms with Gasteiger partial charge in [0.2, 0.25) is 0 Å². The van der Waals surface area contributed by atoms with Gasteiger partial charge in [0.25, 0.3) is 0 Å². The van der Waals surface area contributed by atoms with Gasteiger partial charge in [0.1, 0.15) is 0 Å². The highest BCUT2D eigenvalue weighted by molar-refractivity contribution is 5.75. The monoisotopic (exact) mass is 339 g/mol. The van der Waals surface area contributed by atoms with Crippen LogP contribution < -0.4 is 4.90 Å². The summed E-state index contributed by atoms with van der Waals surface area (Å²) in [6.07, 6.45) is 3.65. The molecule has 3 rings (SSSR count). The van der Waals surface area contributed by atoms with Gasteiger partial charge in [-0.2, -0.15) is 0 Å². The van der Waals surface area contributed by atoms with Crippen molar-refractivity contribution in [3.8, 4) is 11.1 Å². The number of piperazine rings is 1. The van der Waals surface area contributed by atoms with Gasteiger partial charge in [-0.05, 0) is 50.1 Å². The van der Waals surface area contributed by atoms with Crippen LogP contribution in [0.3, 0.4) is 0 Å². The van der Waals surface area contributed by atoms with Gasteiger partial charge in [-0.15, -0.1) is 5.06 Å². The smallest absolute Gasteiger partial charge is 0.330 e. The van der Waals surface area contributed by atoms with E-state index in [-0.39, 0.29) is 5.97 Å². The number of benzene rings is 1. The number of hydrogen-bond donors (Lipinski definition) is 0. The minimum atomic E-state index is -0.473. The Balaban J connectivity index is 1.57. The molecule has 1 saturated heterocycles. The molecule has 0 radical (unpaired) electrons. The van der Waals surface area contributed by atoms with Crippen LogP contribution in [0.15, 0.2) is 48.8 Å². The fraction of sp³-hybridized carbons (Fsp3) is 0.400. The number of rotatable bonds is 3. The lowest BCUT2D eigenvalue weighted by molar-refractivity contribution is -0.201. The van der Waals surface area contributed by atoms with Crippen molar-refractivity contribution >= 4 is 11.7 Å². The fourth-order valence-electron chi connectivity index (χ4n) is 2.69. The second-order valence-corrected chi connectivity index (χ2v) is 7.33. The molecular weight excluding hydrogens is 314 g/mol. The maximum atomic E-state index is 12.0. The summed E-state index contributed by atoms with van der Waals surface area (Å²) in [7, 11) is 0. The van der Waals surface area contributed by atoms with E-state index in [0.717, 1.165) is 24.2 Å². The largest absolute Gasteiger partial charge is 0.369 e. The van der Waals surface area contributed by atoms with Crippen LogP contribution in [0.1, 0.15) is 20.8 Å². The molecule has 1 fully saturated rings. The van der Waals surface area contributed by atoms with Crippen molar-refractivity contribution in [2.75, 3.05) is 31.1 Å². The van der Waals surface area contributed by atoms with Crippen LogP contribution in [0, 0.1) is 5.41 Å². The minimum absolute atomic E-state index is 0.179. The van der Waals surface area contributed by atoms with Crippen LogP contribution in [0.25, 0.3) is 11.1 Å². The Morgan fingerprint density at radius 1 is 1.00 bits per heavy atom. The second kappa shape index (κ2) is 7.23. The Morgan fingerprint density at radius 3 is 2.24 bits per heavy atom. The SMILES string of the molecule is CC(C)(C)C(=O)ON1CCN(c2ccc(-c3cccnc3)cc2)CC1. The quantitative estimate of drug-likeness (QED) is 0.858. The predicted molar refractivity (Wildman–Crippen MR) is 99.0 cm³/mol. The molecule has 2 aromatic rings. The van der Waals surface area contributed by atoms with Crippen molar-refractivity contribution in [2.45, 2.75) is 20.8 Å². The van der Waals surface area contributed by atoms with Gasteiger partial charge in [0.05, 0.1) is 18.5 Å². The minimum Gasteiger partial charge on any atom is -0.369 e. The Morgan fingerprint density at radius 2 is 1.68 bits per heavy atom. The standard InChI is InChI=1S/C20H25N3O2/c1-20(2,3)19(24)25-23-13-11-22(12-14-23)18-8-6-16(7-9-18)17-5-4-10-21-15-17/h4-10,15H,11-14H2,1-3H3. The van der Waals surface area contributed by atoms with Crippen molar-refractivity contribution < 1.29 is 9.63 Å². The van der Waals surface area contributed by atoms with E-state index in [2.05, 4.69) is 40.2 Å². The van der Waals surface area contributed by atoms with Gasteiger partial charge in [-0.3, -0.25) is 4.98 Å². The number of hydroxylamine groups is 2. The normalized spacial score (nSPS) is 15.9. The number of carbonyl (C=O) groups excluding carboxylic acids is 1. The second-order valence-electron chi connectivity index (χ2n) is 7.33. The maximum absolute atomic E-state index is 12.0. The van der Waals surface area contributed by atoms with E-state index >= 15 is 0 Å². The van der Waals surface area contributed by atoms with E-state index in [0.29, 0.717) is 13.1 Å². The van der Waals surface area contributed by atoms with E-state index in [1.54, 1.807) is 11.3 Å². The summed E-state index contributed by atoms with van der Waals surface area (Å²) >= 11 is 0. The average molecular weight is 339 g/mol. The first-order chi connectivity index (χ1) is 11.9. The van der Waals surface area contributed by atoms with E-state index in [9.17, 15) is 4.79 Å². The highest BCUT2D eigenvalue weighted by atomic mass is 16.7. The van der Waals surface area contributed by atoms with E-state index < -0.39 is 5.41 Å². The predicted octanol–water partition coefficient (Wildman–Crippen LogP) is 3.37. The van der Waals surface area contributed by atoms with Crippen molar-refractivity contribution in [3.63, 3.8) is 0 Å². The Labute approximate surface area is 149 Å². The van der Waals surface area contributed by atoms with E-state index in [1.165, 1.54) is 5.69 Å².